The number of hydrogen-bond donors (Lipinski definition) is 0. The number of carbonyl (C=O) groups is 2. The number of rotatable bonds is 2. The number of hydrogen-bond acceptors (Lipinski definition) is 5. The Hall–Kier alpha value is -3.87. The molecule has 7 nitrogen and oxygen atoms in total. The van der Waals surface area contributed by atoms with Gasteiger partial charge in [-0.2, -0.15) is 0 Å². The highest BCUT2D eigenvalue weighted by atomic mass is 16.2. The monoisotopic (exact) mass is 413 g/mol. The summed E-state index contributed by atoms with van der Waals surface area (Å²) in [7, 11) is 1.83. The molecule has 0 atom stereocenters. The number of anilines is 2. The Labute approximate surface area is 180 Å². The second kappa shape index (κ2) is 8.87. The number of benzene rings is 3. The molecule has 0 saturated heterocycles. The number of fused-ring (bicyclic) bond motifs is 3. The van der Waals surface area contributed by atoms with Gasteiger partial charge >= 0.3 is 0 Å². The minimum absolute atomic E-state index is 0.0361. The molecule has 1 aliphatic rings. The number of aryl methyl sites for hydroxylation is 2. The zero-order valence-corrected chi connectivity index (χ0v) is 17.5. The molecule has 0 fully saturated rings. The van der Waals surface area contributed by atoms with Crippen molar-refractivity contribution >= 4 is 33.8 Å². The predicted octanol–water partition coefficient (Wildman–Crippen LogP) is 3.79. The van der Waals surface area contributed by atoms with Crippen LogP contribution in [0.2, 0.25) is 0 Å². The fraction of sp³-hybridized carbons (Fsp3) is 0.208. The van der Waals surface area contributed by atoms with E-state index in [-0.39, 0.29) is 18.1 Å². The number of aromatic nitrogens is 4. The van der Waals surface area contributed by atoms with E-state index in [2.05, 4.69) is 15.5 Å². The van der Waals surface area contributed by atoms with Crippen molar-refractivity contribution in [3.05, 3.63) is 78.1 Å². The van der Waals surface area contributed by atoms with Gasteiger partial charge in [-0.3, -0.25) is 14.5 Å². The van der Waals surface area contributed by atoms with Crippen molar-refractivity contribution in [2.45, 2.75) is 26.2 Å². The Kier molecular flexibility index (Phi) is 5.84. The van der Waals surface area contributed by atoms with Crippen molar-refractivity contribution in [3.8, 4) is 0 Å². The molecule has 5 rings (SSSR count). The predicted molar refractivity (Wildman–Crippen MR) is 119 cm³/mol. The van der Waals surface area contributed by atoms with Crippen molar-refractivity contribution in [2.24, 2.45) is 7.05 Å². The molecular weight excluding hydrogens is 390 g/mol. The molecule has 3 aromatic carbocycles. The van der Waals surface area contributed by atoms with Crippen LogP contribution in [0.15, 0.2) is 66.7 Å². The molecule has 0 aliphatic carbocycles. The maximum atomic E-state index is 12.6. The van der Waals surface area contributed by atoms with E-state index >= 15 is 0 Å². The summed E-state index contributed by atoms with van der Waals surface area (Å²) in [5.41, 5.74) is 2.54. The number of para-hydroxylation sites is 1. The largest absolute Gasteiger partial charge is 0.299 e. The zero-order valence-electron chi connectivity index (χ0n) is 17.5. The molecule has 0 spiro atoms. The van der Waals surface area contributed by atoms with Gasteiger partial charge in [0.25, 0.3) is 0 Å². The summed E-state index contributed by atoms with van der Waals surface area (Å²) >= 11 is 0. The number of tetrazole rings is 1. The van der Waals surface area contributed by atoms with Gasteiger partial charge in [-0.05, 0) is 45.0 Å². The molecule has 7 heteroatoms. The smallest absolute Gasteiger partial charge is 0.239 e. The molecule has 0 unspecified atom stereocenters. The molecule has 4 aromatic rings. The van der Waals surface area contributed by atoms with E-state index in [1.807, 2.05) is 80.7 Å². The maximum absolute atomic E-state index is 12.6. The average molecular weight is 413 g/mol. The molecule has 0 bridgehead atoms. The average Bonchev–Trinajstić information content (AvgIpc) is 3.15. The Morgan fingerprint density at radius 1 is 0.903 bits per heavy atom. The summed E-state index contributed by atoms with van der Waals surface area (Å²) in [6.07, 6.45) is 1.13. The third-order valence-electron chi connectivity index (χ3n) is 5.27. The Morgan fingerprint density at radius 2 is 1.65 bits per heavy atom. The van der Waals surface area contributed by atoms with Crippen molar-refractivity contribution < 1.29 is 9.59 Å². The van der Waals surface area contributed by atoms with Gasteiger partial charge < -0.3 is 0 Å². The van der Waals surface area contributed by atoms with Gasteiger partial charge in [0, 0.05) is 25.6 Å². The van der Waals surface area contributed by atoms with E-state index in [4.69, 9.17) is 0 Å². The summed E-state index contributed by atoms with van der Waals surface area (Å²) in [6, 6.07) is 21.4. The van der Waals surface area contributed by atoms with Gasteiger partial charge in [-0.1, -0.05) is 55.5 Å². The van der Waals surface area contributed by atoms with E-state index in [1.165, 1.54) is 0 Å². The van der Waals surface area contributed by atoms with Crippen LogP contribution in [0.4, 0.5) is 11.4 Å². The van der Waals surface area contributed by atoms with Crippen LogP contribution in [0.25, 0.3) is 10.8 Å². The van der Waals surface area contributed by atoms with E-state index < -0.39 is 0 Å². The first-order valence-electron chi connectivity index (χ1n) is 10.2. The van der Waals surface area contributed by atoms with Crippen LogP contribution in [-0.2, 0) is 29.5 Å². The lowest BCUT2D eigenvalue weighted by atomic mass is 9.98. The molecule has 2 heterocycles. The number of amides is 1. The topological polar surface area (TPSA) is 81.0 Å². The summed E-state index contributed by atoms with van der Waals surface area (Å²) in [5, 5.41) is 13.0. The Balaban J connectivity index is 0.000000245. The van der Waals surface area contributed by atoms with Gasteiger partial charge in [0.15, 0.2) is 5.82 Å². The highest BCUT2D eigenvalue weighted by Crippen LogP contribution is 2.36. The fourth-order valence-corrected chi connectivity index (χ4v) is 3.77. The molecule has 0 radical (unpaired) electrons. The standard InChI is InChI=1S/C20H15NO2.C4H8N4/c22-16-12-18-17-9-5-4-6-14(17)10-11-19(18)21(20(23)13-16)15-7-2-1-3-8-15;1-3-4-5-6-7-8(4)2/h1-11H,12-13H2;3H2,1-2H3. The number of nitrogens with zero attached hydrogens (tertiary/aromatic N) is 5. The Bertz CT molecular complexity index is 1230. The van der Waals surface area contributed by atoms with Crippen molar-refractivity contribution in [1.82, 2.24) is 20.2 Å². The first kappa shape index (κ1) is 20.4. The second-order valence-corrected chi connectivity index (χ2v) is 7.31. The van der Waals surface area contributed by atoms with E-state index in [0.29, 0.717) is 6.42 Å². The zero-order chi connectivity index (χ0) is 21.8. The second-order valence-electron chi connectivity index (χ2n) is 7.31. The molecule has 31 heavy (non-hydrogen) atoms. The fourth-order valence-electron chi connectivity index (χ4n) is 3.77. The lowest BCUT2D eigenvalue weighted by molar-refractivity contribution is -0.125. The van der Waals surface area contributed by atoms with Crippen LogP contribution >= 0.6 is 0 Å². The molecule has 0 N–H and O–H groups in total. The summed E-state index contributed by atoms with van der Waals surface area (Å²) in [5.74, 6) is 0.714. The maximum Gasteiger partial charge on any atom is 0.239 e. The number of Topliss-reactive ketones (excluding diaryl/α,β-unsaturated/α-hetero) is 1. The van der Waals surface area contributed by atoms with Crippen LogP contribution in [0.5, 0.6) is 0 Å². The number of ketones is 1. The molecule has 1 aliphatic heterocycles. The molecule has 1 amide bonds. The molecule has 156 valence electrons. The lowest BCUT2D eigenvalue weighted by Crippen LogP contribution is -2.26. The summed E-state index contributed by atoms with van der Waals surface area (Å²) in [4.78, 5) is 26.5. The highest BCUT2D eigenvalue weighted by Gasteiger charge is 2.28. The van der Waals surface area contributed by atoms with Gasteiger partial charge in [0.1, 0.15) is 5.78 Å². The molecular formula is C24H23N5O2. The van der Waals surface area contributed by atoms with Crippen molar-refractivity contribution in [3.63, 3.8) is 0 Å². The minimum atomic E-state index is -0.171. The van der Waals surface area contributed by atoms with Gasteiger partial charge in [-0.15, -0.1) is 5.10 Å². The third-order valence-corrected chi connectivity index (χ3v) is 5.27. The van der Waals surface area contributed by atoms with E-state index in [1.54, 1.807) is 9.58 Å². The lowest BCUT2D eigenvalue weighted by Gasteiger charge is -2.23. The van der Waals surface area contributed by atoms with Crippen LogP contribution in [0, 0.1) is 0 Å². The third kappa shape index (κ3) is 4.21. The first-order valence-corrected chi connectivity index (χ1v) is 10.2. The van der Waals surface area contributed by atoms with Gasteiger partial charge in [0.2, 0.25) is 5.91 Å². The van der Waals surface area contributed by atoms with Crippen LogP contribution < -0.4 is 4.90 Å². The van der Waals surface area contributed by atoms with Crippen LogP contribution in [-0.4, -0.2) is 31.9 Å². The molecule has 0 saturated carbocycles. The summed E-state index contributed by atoms with van der Waals surface area (Å²) < 4.78 is 1.67. The number of carbonyl (C=O) groups excluding carboxylic acids is 2. The Morgan fingerprint density at radius 3 is 2.32 bits per heavy atom. The van der Waals surface area contributed by atoms with E-state index in [9.17, 15) is 9.59 Å². The molecule has 1 aromatic heterocycles. The van der Waals surface area contributed by atoms with Crippen molar-refractivity contribution in [2.75, 3.05) is 4.90 Å². The van der Waals surface area contributed by atoms with Gasteiger partial charge in [0.05, 0.1) is 12.1 Å². The first-order chi connectivity index (χ1) is 15.1. The van der Waals surface area contributed by atoms with E-state index in [0.717, 1.165) is 40.0 Å². The van der Waals surface area contributed by atoms with Crippen LogP contribution in [0.1, 0.15) is 24.7 Å². The van der Waals surface area contributed by atoms with Crippen LogP contribution in [0.3, 0.4) is 0 Å². The normalized spacial score (nSPS) is 13.4. The van der Waals surface area contributed by atoms with Crippen molar-refractivity contribution in [1.29, 1.82) is 0 Å². The quantitative estimate of drug-likeness (QED) is 0.467. The highest BCUT2D eigenvalue weighted by molar-refractivity contribution is 6.14. The van der Waals surface area contributed by atoms with Gasteiger partial charge in [-0.25, -0.2) is 4.68 Å². The summed E-state index contributed by atoms with van der Waals surface area (Å²) in [6.45, 7) is 2.02. The minimum Gasteiger partial charge on any atom is -0.299 e. The SMILES string of the molecule is CCc1nnnn1C.O=C1CC(=O)N(c2ccccc2)c2ccc3ccccc3c2C1.